The summed E-state index contributed by atoms with van der Waals surface area (Å²) in [5, 5.41) is 8.62. The van der Waals surface area contributed by atoms with Gasteiger partial charge in [-0.25, -0.2) is 4.79 Å². The molecular formula is C15H21NO3. The number of ether oxygens (including phenoxy) is 1. The molecule has 1 atom stereocenters. The van der Waals surface area contributed by atoms with Gasteiger partial charge in [0.15, 0.2) is 0 Å². The van der Waals surface area contributed by atoms with E-state index in [-0.39, 0.29) is 12.2 Å². The van der Waals surface area contributed by atoms with E-state index in [9.17, 15) is 4.79 Å². The predicted octanol–water partition coefficient (Wildman–Crippen LogP) is 1.97. The van der Waals surface area contributed by atoms with Gasteiger partial charge in [0.1, 0.15) is 6.61 Å². The second-order valence-electron chi connectivity index (χ2n) is 5.61. The average molecular weight is 263 g/mol. The van der Waals surface area contributed by atoms with Crippen LogP contribution in [0, 0.1) is 0 Å². The molecule has 0 spiro atoms. The second-order valence-corrected chi connectivity index (χ2v) is 5.61. The minimum Gasteiger partial charge on any atom is -0.480 e. The monoisotopic (exact) mass is 263 g/mol. The molecule has 1 aliphatic rings. The molecule has 0 aliphatic carbocycles. The Morgan fingerprint density at radius 3 is 2.63 bits per heavy atom. The molecule has 1 aromatic carbocycles. The number of carboxylic acids is 1. The van der Waals surface area contributed by atoms with Crippen LogP contribution in [0.1, 0.15) is 25.3 Å². The smallest absolute Gasteiger partial charge is 0.329 e. The summed E-state index contributed by atoms with van der Waals surface area (Å²) in [6.07, 6.45) is 0. The lowest BCUT2D eigenvalue weighted by molar-refractivity contribution is -0.165. The van der Waals surface area contributed by atoms with Crippen LogP contribution in [0.25, 0.3) is 0 Å². The Morgan fingerprint density at radius 2 is 2.05 bits per heavy atom. The van der Waals surface area contributed by atoms with E-state index < -0.39 is 5.97 Å². The molecule has 1 N–H and O–H groups in total. The van der Waals surface area contributed by atoms with Gasteiger partial charge in [0, 0.05) is 19.6 Å². The van der Waals surface area contributed by atoms with Crippen molar-refractivity contribution < 1.29 is 14.6 Å². The third kappa shape index (κ3) is 3.78. The number of benzene rings is 1. The first-order valence-corrected chi connectivity index (χ1v) is 6.61. The topological polar surface area (TPSA) is 49.8 Å². The van der Waals surface area contributed by atoms with Gasteiger partial charge in [-0.3, -0.25) is 4.90 Å². The fraction of sp³-hybridized carbons (Fsp3) is 0.533. The summed E-state index contributed by atoms with van der Waals surface area (Å²) in [6, 6.07) is 10.4. The maximum Gasteiger partial charge on any atom is 0.329 e. The van der Waals surface area contributed by atoms with Crippen LogP contribution in [0.2, 0.25) is 0 Å². The van der Waals surface area contributed by atoms with E-state index in [1.165, 1.54) is 5.56 Å². The van der Waals surface area contributed by atoms with Gasteiger partial charge in [-0.15, -0.1) is 0 Å². The third-order valence-corrected chi connectivity index (χ3v) is 3.56. The van der Waals surface area contributed by atoms with E-state index in [1.54, 1.807) is 0 Å². The number of rotatable bonds is 6. The number of nitrogens with zero attached hydrogens (tertiary/aromatic N) is 1. The molecule has 1 unspecified atom stereocenters. The van der Waals surface area contributed by atoms with E-state index >= 15 is 0 Å². The Hall–Kier alpha value is -1.39. The van der Waals surface area contributed by atoms with Crippen molar-refractivity contribution in [1.82, 2.24) is 4.90 Å². The second kappa shape index (κ2) is 5.72. The molecule has 0 saturated carbocycles. The van der Waals surface area contributed by atoms with Gasteiger partial charge >= 0.3 is 5.97 Å². The number of carboxylic acid groups (broad SMARTS) is 1. The minimum absolute atomic E-state index is 0.210. The lowest BCUT2D eigenvalue weighted by Gasteiger charge is -2.48. The Bertz CT molecular complexity index is 426. The highest BCUT2D eigenvalue weighted by atomic mass is 16.5. The van der Waals surface area contributed by atoms with Gasteiger partial charge in [0.25, 0.3) is 0 Å². The van der Waals surface area contributed by atoms with Crippen molar-refractivity contribution in [2.24, 2.45) is 0 Å². The Balaban J connectivity index is 1.77. The molecule has 4 heteroatoms. The van der Waals surface area contributed by atoms with Gasteiger partial charge < -0.3 is 9.84 Å². The Labute approximate surface area is 114 Å². The van der Waals surface area contributed by atoms with Gasteiger partial charge in [-0.1, -0.05) is 37.3 Å². The van der Waals surface area contributed by atoms with Crippen molar-refractivity contribution in [2.75, 3.05) is 26.2 Å². The molecule has 4 nitrogen and oxygen atoms in total. The van der Waals surface area contributed by atoms with Gasteiger partial charge in [-0.2, -0.15) is 0 Å². The van der Waals surface area contributed by atoms with Crippen LogP contribution in [0.4, 0.5) is 0 Å². The van der Waals surface area contributed by atoms with E-state index in [0.29, 0.717) is 5.92 Å². The predicted molar refractivity (Wildman–Crippen MR) is 73.3 cm³/mol. The molecule has 0 radical (unpaired) electrons. The summed E-state index contributed by atoms with van der Waals surface area (Å²) in [7, 11) is 0. The number of hydrogen-bond acceptors (Lipinski definition) is 3. The van der Waals surface area contributed by atoms with Crippen molar-refractivity contribution in [1.29, 1.82) is 0 Å². The number of hydrogen-bond donors (Lipinski definition) is 1. The Morgan fingerprint density at radius 1 is 1.42 bits per heavy atom. The summed E-state index contributed by atoms with van der Waals surface area (Å²) in [5.74, 6) is -0.428. The van der Waals surface area contributed by atoms with Crippen molar-refractivity contribution >= 4 is 5.97 Å². The molecule has 0 aromatic heterocycles. The summed E-state index contributed by atoms with van der Waals surface area (Å²) in [6.45, 7) is 6.56. The molecule has 1 heterocycles. The molecule has 19 heavy (non-hydrogen) atoms. The van der Waals surface area contributed by atoms with Crippen molar-refractivity contribution in [3.63, 3.8) is 0 Å². The number of aliphatic carboxylic acids is 1. The third-order valence-electron chi connectivity index (χ3n) is 3.56. The van der Waals surface area contributed by atoms with Crippen LogP contribution in [-0.2, 0) is 9.53 Å². The zero-order valence-electron chi connectivity index (χ0n) is 11.5. The largest absolute Gasteiger partial charge is 0.480 e. The van der Waals surface area contributed by atoms with Gasteiger partial charge in [-0.05, 0) is 18.4 Å². The highest BCUT2D eigenvalue weighted by Crippen LogP contribution is 2.27. The van der Waals surface area contributed by atoms with Gasteiger partial charge in [0.2, 0.25) is 0 Å². The number of carbonyl (C=O) groups is 1. The van der Waals surface area contributed by atoms with Crippen molar-refractivity contribution in [2.45, 2.75) is 25.4 Å². The van der Waals surface area contributed by atoms with Crippen LogP contribution in [-0.4, -0.2) is 47.8 Å². The zero-order valence-corrected chi connectivity index (χ0v) is 11.5. The molecular weight excluding hydrogens is 242 g/mol. The van der Waals surface area contributed by atoms with Crippen molar-refractivity contribution in [3.8, 4) is 0 Å². The lowest BCUT2D eigenvalue weighted by Crippen LogP contribution is -2.62. The van der Waals surface area contributed by atoms with E-state index in [2.05, 4.69) is 36.1 Å². The molecule has 1 saturated heterocycles. The molecule has 1 aliphatic heterocycles. The molecule has 104 valence electrons. The van der Waals surface area contributed by atoms with Crippen LogP contribution in [0.5, 0.6) is 0 Å². The maximum absolute atomic E-state index is 10.5. The highest BCUT2D eigenvalue weighted by molar-refractivity contribution is 5.68. The zero-order chi connectivity index (χ0) is 13.9. The molecule has 2 rings (SSSR count). The average Bonchev–Trinajstić information content (AvgIpc) is 2.35. The first-order valence-electron chi connectivity index (χ1n) is 6.61. The van der Waals surface area contributed by atoms with Crippen LogP contribution < -0.4 is 0 Å². The van der Waals surface area contributed by atoms with E-state index in [1.807, 2.05) is 13.0 Å². The summed E-state index contributed by atoms with van der Waals surface area (Å²) in [4.78, 5) is 12.8. The minimum atomic E-state index is -0.905. The summed E-state index contributed by atoms with van der Waals surface area (Å²) < 4.78 is 5.40. The van der Waals surface area contributed by atoms with E-state index in [4.69, 9.17) is 9.84 Å². The first kappa shape index (κ1) is 14.0. The fourth-order valence-corrected chi connectivity index (χ4v) is 2.63. The van der Waals surface area contributed by atoms with Crippen LogP contribution in [0.15, 0.2) is 30.3 Å². The summed E-state index contributed by atoms with van der Waals surface area (Å²) >= 11 is 0. The van der Waals surface area contributed by atoms with Gasteiger partial charge in [0.05, 0.1) is 5.60 Å². The maximum atomic E-state index is 10.5. The SMILES string of the molecule is CC(CN1CC(C)(OCC(=O)O)C1)c1ccccc1. The van der Waals surface area contributed by atoms with Crippen LogP contribution in [0.3, 0.4) is 0 Å². The molecule has 1 aromatic rings. The standard InChI is InChI=1S/C15H21NO3/c1-12(13-6-4-3-5-7-13)8-16-10-15(2,11-16)19-9-14(17)18/h3-7,12H,8-11H2,1-2H3,(H,17,18). The Kier molecular flexibility index (Phi) is 4.22. The molecule has 0 bridgehead atoms. The van der Waals surface area contributed by atoms with Crippen molar-refractivity contribution in [3.05, 3.63) is 35.9 Å². The highest BCUT2D eigenvalue weighted by Gasteiger charge is 2.40. The number of likely N-dealkylation sites (tertiary alicyclic amines) is 1. The summed E-state index contributed by atoms with van der Waals surface area (Å²) in [5.41, 5.74) is 1.04. The van der Waals surface area contributed by atoms with Crippen LogP contribution >= 0.6 is 0 Å². The lowest BCUT2D eigenvalue weighted by atomic mass is 9.93. The normalized spacial score (nSPS) is 19.7. The fourth-order valence-electron chi connectivity index (χ4n) is 2.63. The van der Waals surface area contributed by atoms with E-state index in [0.717, 1.165) is 19.6 Å². The molecule has 0 amide bonds. The first-order chi connectivity index (χ1) is 8.98. The molecule has 1 fully saturated rings. The quantitative estimate of drug-likeness (QED) is 0.852.